The lowest BCUT2D eigenvalue weighted by atomic mass is 9.94. The van der Waals surface area contributed by atoms with Gasteiger partial charge in [-0.3, -0.25) is 4.99 Å². The van der Waals surface area contributed by atoms with Crippen LogP contribution in [0, 0.1) is 0 Å². The van der Waals surface area contributed by atoms with Crippen LogP contribution in [0.25, 0.3) is 53.6 Å². The molecule has 0 bridgehead atoms. The molecular formula is C60H45N3S. The summed E-state index contributed by atoms with van der Waals surface area (Å²) in [7, 11) is 0. The number of nitrogens with zero attached hydrogens (tertiary/aromatic N) is 3. The Kier molecular flexibility index (Phi) is 10.8. The van der Waals surface area contributed by atoms with Crippen molar-refractivity contribution in [3.05, 3.63) is 247 Å². The molecule has 0 saturated carbocycles. The first-order valence-corrected chi connectivity index (χ1v) is 23.0. The molecule has 1 unspecified atom stereocenters. The van der Waals surface area contributed by atoms with Crippen molar-refractivity contribution in [2.75, 3.05) is 4.90 Å². The first-order chi connectivity index (χ1) is 31.7. The van der Waals surface area contributed by atoms with Crippen LogP contribution in [0.1, 0.15) is 42.0 Å². The molecule has 0 fully saturated rings. The van der Waals surface area contributed by atoms with Crippen LogP contribution < -0.4 is 4.90 Å². The molecule has 1 aliphatic rings. The third-order valence-electron chi connectivity index (χ3n) is 12.3. The fourth-order valence-electron chi connectivity index (χ4n) is 9.11. The summed E-state index contributed by atoms with van der Waals surface area (Å²) in [6, 6.07) is 82.8. The Morgan fingerprint density at radius 2 is 0.938 bits per heavy atom. The average Bonchev–Trinajstić information content (AvgIpc) is 3.74. The quantitative estimate of drug-likeness (QED) is 0.142. The minimum Gasteiger partial charge on any atom is -0.310 e. The molecule has 9 aromatic carbocycles. The van der Waals surface area contributed by atoms with Gasteiger partial charge in [0.05, 0.1) is 11.8 Å². The van der Waals surface area contributed by atoms with Crippen LogP contribution >= 0.6 is 11.3 Å². The van der Waals surface area contributed by atoms with Gasteiger partial charge in [0.2, 0.25) is 0 Å². The van der Waals surface area contributed by atoms with Crippen molar-refractivity contribution in [2.24, 2.45) is 9.98 Å². The minimum atomic E-state index is 0.0325. The Bertz CT molecular complexity index is 3180. The molecule has 0 radical (unpaired) electrons. The highest BCUT2D eigenvalue weighted by Crippen LogP contribution is 2.43. The Morgan fingerprint density at radius 1 is 0.422 bits per heavy atom. The fraction of sp³-hybridized carbons (Fsp3) is 0.0667. The molecule has 3 nitrogen and oxygen atoms in total. The summed E-state index contributed by atoms with van der Waals surface area (Å²) in [5, 5.41) is 2.51. The minimum absolute atomic E-state index is 0.0325. The monoisotopic (exact) mass is 839 g/mol. The summed E-state index contributed by atoms with van der Waals surface area (Å²) in [5.41, 5.74) is 15.0. The lowest BCUT2D eigenvalue weighted by molar-refractivity contribution is 0.622. The molecule has 1 aromatic heterocycles. The van der Waals surface area contributed by atoms with E-state index in [1.54, 1.807) is 0 Å². The van der Waals surface area contributed by atoms with Gasteiger partial charge in [0.25, 0.3) is 0 Å². The Labute approximate surface area is 379 Å². The van der Waals surface area contributed by atoms with Crippen molar-refractivity contribution >= 4 is 60.1 Å². The summed E-state index contributed by atoms with van der Waals surface area (Å²) in [6.07, 6.45) is 2.80. The molecule has 1 atom stereocenters. The number of hydrogen-bond acceptors (Lipinski definition) is 4. The molecule has 64 heavy (non-hydrogen) atoms. The molecule has 10 aromatic rings. The highest BCUT2D eigenvalue weighted by molar-refractivity contribution is 7.26. The van der Waals surface area contributed by atoms with Crippen LogP contribution in [0.2, 0.25) is 0 Å². The summed E-state index contributed by atoms with van der Waals surface area (Å²) in [6.45, 7) is 0. The molecule has 0 aliphatic carbocycles. The zero-order chi connectivity index (χ0) is 42.7. The first kappa shape index (κ1) is 39.2. The van der Waals surface area contributed by atoms with E-state index in [0.29, 0.717) is 0 Å². The van der Waals surface area contributed by atoms with Crippen molar-refractivity contribution < 1.29 is 0 Å². The molecule has 2 heterocycles. The van der Waals surface area contributed by atoms with E-state index in [1.165, 1.54) is 59.1 Å². The second-order valence-electron chi connectivity index (χ2n) is 16.4. The van der Waals surface area contributed by atoms with Gasteiger partial charge in [0.15, 0.2) is 5.84 Å². The molecular weight excluding hydrogens is 795 g/mol. The highest BCUT2D eigenvalue weighted by Gasteiger charge is 2.22. The second kappa shape index (κ2) is 17.6. The maximum Gasteiger partial charge on any atom is 0.155 e. The Morgan fingerprint density at radius 3 is 1.56 bits per heavy atom. The maximum absolute atomic E-state index is 5.57. The van der Waals surface area contributed by atoms with Gasteiger partial charge in [-0.2, -0.15) is 0 Å². The van der Waals surface area contributed by atoms with Gasteiger partial charge in [-0.05, 0) is 107 Å². The van der Waals surface area contributed by atoms with Crippen LogP contribution in [0.15, 0.2) is 241 Å². The van der Waals surface area contributed by atoms with E-state index < -0.39 is 0 Å². The third-order valence-corrected chi connectivity index (χ3v) is 13.5. The number of anilines is 3. The SMILES string of the molecule is c1ccc(-c2ccc(N(c3ccc(-c4ccccc4)cc3)c3ccc4c(c3)sc3cccc(/C5=N/C(c6cccc(-c7ccccc7)c6)=N\C(c6ccccc6)CCC5)c34)cc2)cc1. The van der Waals surface area contributed by atoms with E-state index in [-0.39, 0.29) is 6.04 Å². The maximum atomic E-state index is 5.57. The molecule has 1 aliphatic heterocycles. The molecule has 0 spiro atoms. The van der Waals surface area contributed by atoms with Gasteiger partial charge < -0.3 is 4.90 Å². The summed E-state index contributed by atoms with van der Waals surface area (Å²) in [4.78, 5) is 13.4. The molecule has 11 rings (SSSR count). The molecule has 306 valence electrons. The van der Waals surface area contributed by atoms with Gasteiger partial charge in [-0.25, -0.2) is 4.99 Å². The number of fused-ring (bicyclic) bond motifs is 3. The molecule has 0 saturated heterocycles. The Balaban J connectivity index is 1.01. The van der Waals surface area contributed by atoms with Crippen LogP contribution in [0.4, 0.5) is 17.1 Å². The number of rotatable bonds is 9. The summed E-state index contributed by atoms with van der Waals surface area (Å²) in [5.74, 6) is 0.785. The van der Waals surface area contributed by atoms with Crippen LogP contribution in [-0.2, 0) is 0 Å². The standard InChI is InChI=1S/C60H45N3S/c1-5-16-42(17-6-1)45-30-34-50(35-31-45)63(51-36-32-46(33-37-51)43-18-7-2-8-19-43)52-38-39-54-58(41-52)64-57-29-14-26-53(59(54)57)56-28-15-27-55(47-22-11-4-12-23-47)61-60(62-56)49-25-13-24-48(40-49)44-20-9-3-10-21-44/h1-14,16-26,29-41,55H,15,27-28H2/b61-60-,62-56+. The van der Waals surface area contributed by atoms with E-state index in [4.69, 9.17) is 9.98 Å². The van der Waals surface area contributed by atoms with E-state index >= 15 is 0 Å². The van der Waals surface area contributed by atoms with Crippen molar-refractivity contribution in [3.63, 3.8) is 0 Å². The number of thiophene rings is 1. The average molecular weight is 840 g/mol. The number of benzene rings is 9. The van der Waals surface area contributed by atoms with Gasteiger partial charge in [0, 0.05) is 48.4 Å². The highest BCUT2D eigenvalue weighted by atomic mass is 32.1. The van der Waals surface area contributed by atoms with Crippen LogP contribution in [0.3, 0.4) is 0 Å². The summed E-state index contributed by atoms with van der Waals surface area (Å²) >= 11 is 1.85. The number of aliphatic imine (C=N–C) groups is 2. The van der Waals surface area contributed by atoms with Crippen LogP contribution in [0.5, 0.6) is 0 Å². The van der Waals surface area contributed by atoms with E-state index in [1.807, 2.05) is 11.3 Å². The first-order valence-electron chi connectivity index (χ1n) is 22.1. The molecule has 0 N–H and O–H groups in total. The second-order valence-corrected chi connectivity index (χ2v) is 17.5. The predicted octanol–water partition coefficient (Wildman–Crippen LogP) is 16.7. The topological polar surface area (TPSA) is 28.0 Å². The van der Waals surface area contributed by atoms with E-state index in [0.717, 1.165) is 59.0 Å². The van der Waals surface area contributed by atoms with Crippen molar-refractivity contribution in [1.82, 2.24) is 0 Å². The zero-order valence-corrected chi connectivity index (χ0v) is 36.2. The van der Waals surface area contributed by atoms with E-state index in [9.17, 15) is 0 Å². The molecule has 0 amide bonds. The van der Waals surface area contributed by atoms with Gasteiger partial charge in [-0.15, -0.1) is 11.3 Å². The third kappa shape index (κ3) is 7.96. The van der Waals surface area contributed by atoms with Crippen molar-refractivity contribution in [2.45, 2.75) is 25.3 Å². The lowest BCUT2D eigenvalue weighted by Crippen LogP contribution is -2.13. The van der Waals surface area contributed by atoms with Gasteiger partial charge in [-0.1, -0.05) is 182 Å². The largest absolute Gasteiger partial charge is 0.310 e. The fourth-order valence-corrected chi connectivity index (χ4v) is 10.3. The summed E-state index contributed by atoms with van der Waals surface area (Å²) < 4.78 is 2.50. The normalized spacial score (nSPS) is 15.7. The van der Waals surface area contributed by atoms with Crippen molar-refractivity contribution in [1.29, 1.82) is 0 Å². The van der Waals surface area contributed by atoms with Crippen LogP contribution in [-0.4, -0.2) is 11.5 Å². The van der Waals surface area contributed by atoms with Crippen molar-refractivity contribution in [3.8, 4) is 33.4 Å². The predicted molar refractivity (Wildman–Crippen MR) is 273 cm³/mol. The van der Waals surface area contributed by atoms with E-state index in [2.05, 4.69) is 235 Å². The smallest absolute Gasteiger partial charge is 0.155 e. The molecule has 4 heteroatoms. The number of amidine groups is 1. The Hall–Kier alpha value is -7.66. The lowest BCUT2D eigenvalue weighted by Gasteiger charge is -2.26. The zero-order valence-electron chi connectivity index (χ0n) is 35.4. The number of hydrogen-bond donors (Lipinski definition) is 0. The van der Waals surface area contributed by atoms with Gasteiger partial charge in [0.1, 0.15) is 0 Å². The van der Waals surface area contributed by atoms with Gasteiger partial charge >= 0.3 is 0 Å².